The molecule has 0 saturated carbocycles. The van der Waals surface area contributed by atoms with E-state index in [1.54, 1.807) is 0 Å². The molecule has 1 atom stereocenters. The highest BCUT2D eigenvalue weighted by Crippen LogP contribution is 2.25. The van der Waals surface area contributed by atoms with Gasteiger partial charge in [0.1, 0.15) is 0 Å². The second-order valence-electron chi connectivity index (χ2n) is 4.59. The van der Waals surface area contributed by atoms with Crippen LogP contribution in [0.2, 0.25) is 0 Å². The standard InChI is InChI=1S/C12H24N2/c1-10(2)14-8-6-12(9-14)11(3)5-7-13-4/h10,12-13H,3,5-9H2,1-2,4H3. The lowest BCUT2D eigenvalue weighted by molar-refractivity contribution is 0.269. The van der Waals surface area contributed by atoms with Gasteiger partial charge in [-0.05, 0) is 52.7 Å². The van der Waals surface area contributed by atoms with Crippen molar-refractivity contribution in [2.24, 2.45) is 5.92 Å². The van der Waals surface area contributed by atoms with E-state index in [2.05, 4.69) is 30.6 Å². The highest BCUT2D eigenvalue weighted by molar-refractivity contribution is 5.05. The van der Waals surface area contributed by atoms with Crippen LogP contribution in [0.25, 0.3) is 0 Å². The van der Waals surface area contributed by atoms with Gasteiger partial charge in [0.25, 0.3) is 0 Å². The summed E-state index contributed by atoms with van der Waals surface area (Å²) in [6.07, 6.45) is 2.44. The van der Waals surface area contributed by atoms with Gasteiger partial charge in [0.15, 0.2) is 0 Å². The molecule has 0 spiro atoms. The Bertz CT molecular complexity index is 187. The first kappa shape index (κ1) is 11.7. The van der Waals surface area contributed by atoms with Crippen LogP contribution in [0.15, 0.2) is 12.2 Å². The molecule has 0 aromatic carbocycles. The van der Waals surface area contributed by atoms with Gasteiger partial charge in [-0.2, -0.15) is 0 Å². The maximum absolute atomic E-state index is 4.20. The van der Waals surface area contributed by atoms with Crippen LogP contribution >= 0.6 is 0 Å². The predicted molar refractivity (Wildman–Crippen MR) is 62.5 cm³/mol. The molecule has 0 aromatic heterocycles. The average Bonchev–Trinajstić information content (AvgIpc) is 2.62. The molecule has 2 heteroatoms. The van der Waals surface area contributed by atoms with Gasteiger partial charge in [-0.25, -0.2) is 0 Å². The van der Waals surface area contributed by atoms with Crippen LogP contribution in [-0.2, 0) is 0 Å². The highest BCUT2D eigenvalue weighted by atomic mass is 15.2. The average molecular weight is 196 g/mol. The third kappa shape index (κ3) is 3.10. The second-order valence-corrected chi connectivity index (χ2v) is 4.59. The Balaban J connectivity index is 2.30. The molecular weight excluding hydrogens is 172 g/mol. The first-order valence-corrected chi connectivity index (χ1v) is 5.71. The summed E-state index contributed by atoms with van der Waals surface area (Å²) < 4.78 is 0. The van der Waals surface area contributed by atoms with E-state index in [0.29, 0.717) is 6.04 Å². The SMILES string of the molecule is C=C(CCNC)C1CCN(C(C)C)C1. The molecule has 1 aliphatic heterocycles. The zero-order valence-corrected chi connectivity index (χ0v) is 9.84. The predicted octanol–water partition coefficient (Wildman–Crippen LogP) is 1.88. The molecule has 0 amide bonds. The van der Waals surface area contributed by atoms with Crippen LogP contribution in [0.1, 0.15) is 26.7 Å². The normalized spacial score (nSPS) is 23.3. The molecule has 0 aromatic rings. The molecule has 1 N–H and O–H groups in total. The van der Waals surface area contributed by atoms with E-state index in [1.807, 2.05) is 7.05 Å². The van der Waals surface area contributed by atoms with Crippen molar-refractivity contribution in [3.63, 3.8) is 0 Å². The molecule has 1 saturated heterocycles. The summed E-state index contributed by atoms with van der Waals surface area (Å²) in [5.74, 6) is 0.741. The van der Waals surface area contributed by atoms with Crippen molar-refractivity contribution in [1.29, 1.82) is 0 Å². The first-order valence-electron chi connectivity index (χ1n) is 5.71. The number of likely N-dealkylation sites (tertiary alicyclic amines) is 1. The summed E-state index contributed by atoms with van der Waals surface area (Å²) in [7, 11) is 2.00. The molecule has 1 aliphatic rings. The fourth-order valence-corrected chi connectivity index (χ4v) is 2.08. The van der Waals surface area contributed by atoms with Gasteiger partial charge in [-0.15, -0.1) is 0 Å². The monoisotopic (exact) mass is 196 g/mol. The van der Waals surface area contributed by atoms with Gasteiger partial charge in [-0.3, -0.25) is 0 Å². The maximum Gasteiger partial charge on any atom is 0.00501 e. The number of rotatable bonds is 5. The number of hydrogen-bond donors (Lipinski definition) is 1. The molecule has 0 bridgehead atoms. The van der Waals surface area contributed by atoms with Crippen molar-refractivity contribution >= 4 is 0 Å². The number of hydrogen-bond acceptors (Lipinski definition) is 2. The Hall–Kier alpha value is -0.340. The van der Waals surface area contributed by atoms with E-state index in [9.17, 15) is 0 Å². The third-order valence-corrected chi connectivity index (χ3v) is 3.22. The van der Waals surface area contributed by atoms with Crippen molar-refractivity contribution < 1.29 is 0 Å². The summed E-state index contributed by atoms with van der Waals surface area (Å²) in [5.41, 5.74) is 1.43. The van der Waals surface area contributed by atoms with Gasteiger partial charge in [0.2, 0.25) is 0 Å². The van der Waals surface area contributed by atoms with Crippen LogP contribution in [-0.4, -0.2) is 37.6 Å². The smallest absolute Gasteiger partial charge is 0.00501 e. The van der Waals surface area contributed by atoms with Crippen LogP contribution in [0.5, 0.6) is 0 Å². The molecule has 1 heterocycles. The lowest BCUT2D eigenvalue weighted by Crippen LogP contribution is -2.28. The van der Waals surface area contributed by atoms with Gasteiger partial charge >= 0.3 is 0 Å². The van der Waals surface area contributed by atoms with E-state index in [-0.39, 0.29) is 0 Å². The van der Waals surface area contributed by atoms with Gasteiger partial charge in [0, 0.05) is 12.6 Å². The lowest BCUT2D eigenvalue weighted by Gasteiger charge is -2.20. The van der Waals surface area contributed by atoms with Gasteiger partial charge < -0.3 is 10.2 Å². The Morgan fingerprint density at radius 3 is 2.79 bits per heavy atom. The van der Waals surface area contributed by atoms with Crippen LogP contribution in [0.3, 0.4) is 0 Å². The van der Waals surface area contributed by atoms with Crippen molar-refractivity contribution in [3.05, 3.63) is 12.2 Å². The third-order valence-electron chi connectivity index (χ3n) is 3.22. The van der Waals surface area contributed by atoms with E-state index in [4.69, 9.17) is 0 Å². The van der Waals surface area contributed by atoms with E-state index in [1.165, 1.54) is 25.1 Å². The highest BCUT2D eigenvalue weighted by Gasteiger charge is 2.25. The Kier molecular flexibility index (Phi) is 4.63. The van der Waals surface area contributed by atoms with Gasteiger partial charge in [0.05, 0.1) is 0 Å². The zero-order valence-electron chi connectivity index (χ0n) is 9.84. The quantitative estimate of drug-likeness (QED) is 0.675. The molecule has 1 unspecified atom stereocenters. The zero-order chi connectivity index (χ0) is 10.6. The van der Waals surface area contributed by atoms with Crippen molar-refractivity contribution in [2.75, 3.05) is 26.7 Å². The summed E-state index contributed by atoms with van der Waals surface area (Å²) in [6, 6.07) is 0.692. The number of nitrogens with one attached hydrogen (secondary N) is 1. The Morgan fingerprint density at radius 2 is 2.29 bits per heavy atom. The maximum atomic E-state index is 4.20. The fraction of sp³-hybridized carbons (Fsp3) is 0.833. The molecule has 2 nitrogen and oxygen atoms in total. The van der Waals surface area contributed by atoms with E-state index < -0.39 is 0 Å². The summed E-state index contributed by atoms with van der Waals surface area (Å²) in [6.45, 7) is 12.3. The first-order chi connectivity index (χ1) is 6.65. The van der Waals surface area contributed by atoms with Crippen molar-refractivity contribution in [2.45, 2.75) is 32.7 Å². The van der Waals surface area contributed by atoms with E-state index >= 15 is 0 Å². The largest absolute Gasteiger partial charge is 0.319 e. The van der Waals surface area contributed by atoms with Crippen molar-refractivity contribution in [1.82, 2.24) is 10.2 Å². The van der Waals surface area contributed by atoms with Crippen LogP contribution in [0.4, 0.5) is 0 Å². The van der Waals surface area contributed by atoms with Crippen LogP contribution in [0, 0.1) is 5.92 Å². The summed E-state index contributed by atoms with van der Waals surface area (Å²) in [4.78, 5) is 2.55. The molecule has 14 heavy (non-hydrogen) atoms. The minimum atomic E-state index is 0.692. The Morgan fingerprint density at radius 1 is 1.57 bits per heavy atom. The summed E-state index contributed by atoms with van der Waals surface area (Å²) in [5, 5.41) is 3.18. The molecule has 82 valence electrons. The summed E-state index contributed by atoms with van der Waals surface area (Å²) >= 11 is 0. The Labute approximate surface area is 88.4 Å². The minimum absolute atomic E-state index is 0.692. The second kappa shape index (κ2) is 5.52. The van der Waals surface area contributed by atoms with E-state index in [0.717, 1.165) is 18.9 Å². The van der Waals surface area contributed by atoms with Crippen molar-refractivity contribution in [3.8, 4) is 0 Å². The fourth-order valence-electron chi connectivity index (χ4n) is 2.08. The molecule has 0 radical (unpaired) electrons. The topological polar surface area (TPSA) is 15.3 Å². The molecule has 0 aliphatic carbocycles. The van der Waals surface area contributed by atoms with Crippen LogP contribution < -0.4 is 5.32 Å². The lowest BCUT2D eigenvalue weighted by atomic mass is 9.97. The van der Waals surface area contributed by atoms with Gasteiger partial charge in [-0.1, -0.05) is 12.2 Å². The minimum Gasteiger partial charge on any atom is -0.319 e. The molecular formula is C12H24N2. The number of nitrogens with zero attached hydrogens (tertiary/aromatic N) is 1. The molecule has 1 rings (SSSR count). The molecule has 1 fully saturated rings.